The number of hydrogen-bond donors (Lipinski definition) is 2. The summed E-state index contributed by atoms with van der Waals surface area (Å²) in [5, 5.41) is 6.29. The van der Waals surface area contributed by atoms with Crippen LogP contribution in [0.4, 0.5) is 4.39 Å². The van der Waals surface area contributed by atoms with Gasteiger partial charge in [-0.1, -0.05) is 24.3 Å². The maximum Gasteiger partial charge on any atom is 0.233 e. The van der Waals surface area contributed by atoms with E-state index >= 15 is 0 Å². The second-order valence-corrected chi connectivity index (χ2v) is 7.58. The zero-order valence-corrected chi connectivity index (χ0v) is 18.6. The van der Waals surface area contributed by atoms with Crippen molar-refractivity contribution in [2.45, 2.75) is 19.9 Å². The summed E-state index contributed by atoms with van der Waals surface area (Å²) in [4.78, 5) is 31.2. The molecule has 2 amide bonds. The highest BCUT2D eigenvalue weighted by molar-refractivity contribution is 14.0. The number of benzene rings is 1. The van der Waals surface area contributed by atoms with Crippen LogP contribution in [0.5, 0.6) is 0 Å². The Morgan fingerprint density at radius 2 is 1.86 bits per heavy atom. The minimum absolute atomic E-state index is 0. The number of carbonyl (C=O) groups is 2. The van der Waals surface area contributed by atoms with E-state index in [2.05, 4.69) is 27.8 Å². The number of guanidine groups is 1. The van der Waals surface area contributed by atoms with Gasteiger partial charge in [-0.15, -0.1) is 24.0 Å². The van der Waals surface area contributed by atoms with Crippen LogP contribution in [0.1, 0.15) is 18.9 Å². The van der Waals surface area contributed by atoms with Crippen LogP contribution in [-0.4, -0.2) is 42.3 Å². The molecule has 29 heavy (non-hydrogen) atoms. The molecule has 3 aliphatic rings. The normalized spacial score (nSPS) is 27.2. The van der Waals surface area contributed by atoms with Crippen LogP contribution in [-0.2, 0) is 16.1 Å². The van der Waals surface area contributed by atoms with Crippen molar-refractivity contribution in [3.05, 3.63) is 47.8 Å². The number of carbonyl (C=O) groups excluding carboxylic acids is 2. The number of likely N-dealkylation sites (tertiary alicyclic amines) is 1. The zero-order chi connectivity index (χ0) is 19.7. The second-order valence-electron chi connectivity index (χ2n) is 7.58. The molecule has 6 nitrogen and oxygen atoms in total. The molecule has 1 aromatic carbocycles. The molecule has 0 aromatic heterocycles. The molecule has 1 saturated heterocycles. The quantitative estimate of drug-likeness (QED) is 0.202. The Morgan fingerprint density at radius 1 is 1.17 bits per heavy atom. The lowest BCUT2D eigenvalue weighted by Gasteiger charge is -2.18. The fourth-order valence-electron chi connectivity index (χ4n) is 4.62. The van der Waals surface area contributed by atoms with Crippen LogP contribution in [0.15, 0.2) is 41.4 Å². The first-order chi connectivity index (χ1) is 13.6. The third-order valence-electron chi connectivity index (χ3n) is 5.84. The van der Waals surface area contributed by atoms with Crippen molar-refractivity contribution in [1.29, 1.82) is 0 Å². The van der Waals surface area contributed by atoms with Crippen LogP contribution in [0.3, 0.4) is 0 Å². The number of halogens is 2. The molecule has 1 aliphatic heterocycles. The highest BCUT2D eigenvalue weighted by atomic mass is 127. The summed E-state index contributed by atoms with van der Waals surface area (Å²) in [6, 6.07) is 6.33. The number of imide groups is 1. The van der Waals surface area contributed by atoms with E-state index in [-0.39, 0.29) is 65.3 Å². The third kappa shape index (κ3) is 4.31. The molecule has 0 radical (unpaired) electrons. The lowest BCUT2D eigenvalue weighted by atomic mass is 9.85. The number of nitrogens with one attached hydrogen (secondary N) is 2. The van der Waals surface area contributed by atoms with Gasteiger partial charge in [0.25, 0.3) is 0 Å². The molecule has 4 rings (SSSR count). The Bertz CT molecular complexity index is 814. The van der Waals surface area contributed by atoms with Crippen molar-refractivity contribution in [3.8, 4) is 0 Å². The van der Waals surface area contributed by atoms with Gasteiger partial charge in [-0.25, -0.2) is 9.38 Å². The fourth-order valence-corrected chi connectivity index (χ4v) is 4.62. The zero-order valence-electron chi connectivity index (χ0n) is 16.3. The Balaban J connectivity index is 0.00000240. The van der Waals surface area contributed by atoms with E-state index in [1.807, 2.05) is 13.0 Å². The standard InChI is InChI=1S/C21H25FN4O2.HI/c1-2-23-21(25-12-13-4-3-5-16(22)10-13)24-8-9-26-19(27)17-14-6-7-15(11-14)18(17)20(26)28;/h3-7,10,14-15,17-18H,2,8-9,11-12H2,1H3,(H2,23,24,25);1H. The van der Waals surface area contributed by atoms with Gasteiger partial charge >= 0.3 is 0 Å². The highest BCUT2D eigenvalue weighted by Gasteiger charge is 2.58. The van der Waals surface area contributed by atoms with E-state index in [9.17, 15) is 14.0 Å². The first kappa shape index (κ1) is 21.7. The van der Waals surface area contributed by atoms with E-state index in [4.69, 9.17) is 0 Å². The van der Waals surface area contributed by atoms with Crippen LogP contribution in [0, 0.1) is 29.5 Å². The number of aliphatic imine (C=N–C) groups is 1. The summed E-state index contributed by atoms with van der Waals surface area (Å²) in [6.45, 7) is 3.73. The van der Waals surface area contributed by atoms with Crippen LogP contribution in [0.2, 0.25) is 0 Å². The van der Waals surface area contributed by atoms with Gasteiger partial charge in [0.1, 0.15) is 5.82 Å². The summed E-state index contributed by atoms with van der Waals surface area (Å²) in [5.41, 5.74) is 0.776. The number of rotatable bonds is 6. The molecule has 8 heteroatoms. The van der Waals surface area contributed by atoms with Gasteiger partial charge < -0.3 is 10.6 Å². The van der Waals surface area contributed by atoms with E-state index in [1.54, 1.807) is 6.07 Å². The minimum atomic E-state index is -0.286. The van der Waals surface area contributed by atoms with E-state index in [1.165, 1.54) is 17.0 Å². The lowest BCUT2D eigenvalue weighted by Crippen LogP contribution is -2.43. The van der Waals surface area contributed by atoms with E-state index in [0.29, 0.717) is 32.1 Å². The summed E-state index contributed by atoms with van der Waals surface area (Å²) < 4.78 is 13.3. The summed E-state index contributed by atoms with van der Waals surface area (Å²) >= 11 is 0. The minimum Gasteiger partial charge on any atom is -0.357 e. The molecule has 2 N–H and O–H groups in total. The molecule has 1 saturated carbocycles. The SMILES string of the molecule is CCNC(=NCc1cccc(F)c1)NCCN1C(=O)C2C3C=CC(C3)C2C1=O.I. The maximum atomic E-state index is 13.3. The van der Waals surface area contributed by atoms with Gasteiger partial charge in [-0.05, 0) is 42.9 Å². The average molecular weight is 512 g/mol. The number of hydrogen-bond acceptors (Lipinski definition) is 3. The van der Waals surface area contributed by atoms with E-state index in [0.717, 1.165) is 12.0 Å². The first-order valence-electron chi connectivity index (χ1n) is 9.88. The average Bonchev–Trinajstić information content (AvgIpc) is 3.35. The van der Waals surface area contributed by atoms with Crippen LogP contribution >= 0.6 is 24.0 Å². The number of nitrogens with zero attached hydrogens (tertiary/aromatic N) is 2. The fraction of sp³-hybridized carbons (Fsp3) is 0.476. The van der Waals surface area contributed by atoms with Crippen molar-refractivity contribution in [3.63, 3.8) is 0 Å². The molecule has 4 unspecified atom stereocenters. The largest absolute Gasteiger partial charge is 0.357 e. The predicted octanol–water partition coefficient (Wildman–Crippen LogP) is 2.31. The van der Waals surface area contributed by atoms with Gasteiger partial charge in [-0.2, -0.15) is 0 Å². The Labute approximate surface area is 187 Å². The van der Waals surface area contributed by atoms with Gasteiger partial charge in [0.15, 0.2) is 5.96 Å². The van der Waals surface area contributed by atoms with Crippen molar-refractivity contribution in [1.82, 2.24) is 15.5 Å². The Kier molecular flexibility index (Phi) is 6.92. The highest BCUT2D eigenvalue weighted by Crippen LogP contribution is 2.52. The number of fused-ring (bicyclic) bond motifs is 5. The molecule has 2 bridgehead atoms. The molecule has 4 atom stereocenters. The third-order valence-corrected chi connectivity index (χ3v) is 5.84. The van der Waals surface area contributed by atoms with Gasteiger partial charge in [-0.3, -0.25) is 14.5 Å². The van der Waals surface area contributed by atoms with Gasteiger partial charge in [0, 0.05) is 19.6 Å². The monoisotopic (exact) mass is 512 g/mol. The predicted molar refractivity (Wildman–Crippen MR) is 119 cm³/mol. The number of amides is 2. The molecular weight excluding hydrogens is 486 g/mol. The summed E-state index contributed by atoms with van der Waals surface area (Å²) in [6.07, 6.45) is 5.14. The maximum absolute atomic E-state index is 13.3. The molecule has 1 heterocycles. The molecule has 0 spiro atoms. The second kappa shape index (κ2) is 9.23. The van der Waals surface area contributed by atoms with Crippen molar-refractivity contribution < 1.29 is 14.0 Å². The molecular formula is C21H26FIN4O2. The Morgan fingerprint density at radius 3 is 2.48 bits per heavy atom. The van der Waals surface area contributed by atoms with Crippen molar-refractivity contribution in [2.75, 3.05) is 19.6 Å². The molecule has 2 aliphatic carbocycles. The molecule has 156 valence electrons. The first-order valence-corrected chi connectivity index (χ1v) is 9.88. The Hall–Kier alpha value is -1.97. The van der Waals surface area contributed by atoms with Gasteiger partial charge in [0.2, 0.25) is 11.8 Å². The topological polar surface area (TPSA) is 73.8 Å². The van der Waals surface area contributed by atoms with Gasteiger partial charge in [0.05, 0.1) is 18.4 Å². The van der Waals surface area contributed by atoms with E-state index < -0.39 is 0 Å². The summed E-state index contributed by atoms with van der Waals surface area (Å²) in [5.74, 6) is 0.378. The number of allylic oxidation sites excluding steroid dienone is 2. The molecule has 1 aromatic rings. The van der Waals surface area contributed by atoms with Crippen molar-refractivity contribution in [2.24, 2.45) is 28.7 Å². The lowest BCUT2D eigenvalue weighted by molar-refractivity contribution is -0.140. The van der Waals surface area contributed by atoms with Crippen LogP contribution in [0.25, 0.3) is 0 Å². The van der Waals surface area contributed by atoms with Crippen molar-refractivity contribution >= 4 is 41.8 Å². The smallest absolute Gasteiger partial charge is 0.233 e. The molecule has 2 fully saturated rings. The summed E-state index contributed by atoms with van der Waals surface area (Å²) in [7, 11) is 0. The van der Waals surface area contributed by atoms with Crippen LogP contribution < -0.4 is 10.6 Å².